The summed E-state index contributed by atoms with van der Waals surface area (Å²) in [5.41, 5.74) is 0. The van der Waals surface area contributed by atoms with E-state index in [1.54, 1.807) is 0 Å². The van der Waals surface area contributed by atoms with Crippen LogP contribution in [0.25, 0.3) is 0 Å². The van der Waals surface area contributed by atoms with Crippen LogP contribution in [0.1, 0.15) is 39.0 Å². The molecule has 0 amide bonds. The molecule has 4 heteroatoms. The van der Waals surface area contributed by atoms with Gasteiger partial charge in [-0.1, -0.05) is 41.8 Å². The molecule has 4 unspecified atom stereocenters. The summed E-state index contributed by atoms with van der Waals surface area (Å²) in [5.74, 6) is 0.564. The van der Waals surface area contributed by atoms with Crippen LogP contribution in [0.5, 0.6) is 0 Å². The maximum Gasteiger partial charge on any atom is 0.0668 e. The Kier molecular flexibility index (Phi) is 5.80. The number of nitriles is 1. The minimum absolute atomic E-state index is 0.0143. The lowest BCUT2D eigenvalue weighted by Gasteiger charge is -2.32. The molecular weight excluding hydrogens is 334 g/mol. The first-order chi connectivity index (χ1) is 9.65. The zero-order valence-electron chi connectivity index (χ0n) is 11.7. The van der Waals surface area contributed by atoms with Gasteiger partial charge in [0.25, 0.3) is 0 Å². The van der Waals surface area contributed by atoms with Gasteiger partial charge in [-0.2, -0.15) is 5.26 Å². The molecule has 1 saturated carbocycles. The minimum atomic E-state index is -1.09. The highest BCUT2D eigenvalue weighted by Crippen LogP contribution is 2.36. The highest BCUT2D eigenvalue weighted by atomic mass is 79.9. The molecule has 0 aromatic heterocycles. The Morgan fingerprint density at radius 3 is 2.90 bits per heavy atom. The molecule has 1 aliphatic carbocycles. The Morgan fingerprint density at radius 2 is 2.25 bits per heavy atom. The SMILES string of the molecule is CCCC1CCC(C#N)C(S(=O)c2cccc(Br)c2)C1. The second kappa shape index (κ2) is 7.38. The van der Waals surface area contributed by atoms with Crippen molar-refractivity contribution in [3.05, 3.63) is 28.7 Å². The molecule has 2 rings (SSSR count). The van der Waals surface area contributed by atoms with E-state index < -0.39 is 10.8 Å². The maximum absolute atomic E-state index is 12.8. The van der Waals surface area contributed by atoms with Gasteiger partial charge in [0.1, 0.15) is 0 Å². The van der Waals surface area contributed by atoms with Gasteiger partial charge in [0.05, 0.1) is 28.0 Å². The zero-order chi connectivity index (χ0) is 14.5. The van der Waals surface area contributed by atoms with Crippen molar-refractivity contribution in [2.24, 2.45) is 11.8 Å². The summed E-state index contributed by atoms with van der Waals surface area (Å²) < 4.78 is 13.8. The number of halogens is 1. The maximum atomic E-state index is 12.8. The lowest BCUT2D eigenvalue weighted by Crippen LogP contribution is -2.32. The van der Waals surface area contributed by atoms with E-state index in [9.17, 15) is 9.47 Å². The van der Waals surface area contributed by atoms with Crippen LogP contribution < -0.4 is 0 Å². The van der Waals surface area contributed by atoms with Crippen LogP contribution in [-0.4, -0.2) is 9.46 Å². The van der Waals surface area contributed by atoms with Gasteiger partial charge in [-0.15, -0.1) is 0 Å². The Morgan fingerprint density at radius 1 is 1.45 bits per heavy atom. The lowest BCUT2D eigenvalue weighted by molar-refractivity contribution is 0.303. The van der Waals surface area contributed by atoms with E-state index in [4.69, 9.17) is 0 Å². The second-order valence-corrected chi connectivity index (χ2v) is 8.08. The van der Waals surface area contributed by atoms with Crippen molar-refractivity contribution in [3.63, 3.8) is 0 Å². The van der Waals surface area contributed by atoms with Crippen molar-refractivity contribution < 1.29 is 4.21 Å². The zero-order valence-corrected chi connectivity index (χ0v) is 14.1. The first-order valence-corrected chi connectivity index (χ1v) is 9.22. The molecule has 0 heterocycles. The van der Waals surface area contributed by atoms with E-state index in [-0.39, 0.29) is 11.2 Å². The predicted molar refractivity (Wildman–Crippen MR) is 85.7 cm³/mol. The van der Waals surface area contributed by atoms with E-state index in [0.717, 1.165) is 35.1 Å². The number of rotatable bonds is 4. The van der Waals surface area contributed by atoms with Gasteiger partial charge in [0.15, 0.2) is 0 Å². The van der Waals surface area contributed by atoms with Gasteiger partial charge in [-0.05, 0) is 43.4 Å². The fraction of sp³-hybridized carbons (Fsp3) is 0.562. The first-order valence-electron chi connectivity index (χ1n) is 7.21. The molecule has 0 aliphatic heterocycles. The standard InChI is InChI=1S/C16H20BrNOS/c1-2-4-12-7-8-13(11-18)16(9-12)20(19)15-6-3-5-14(17)10-15/h3,5-6,10,12-13,16H,2,4,7-9H2,1H3. The Bertz CT molecular complexity index is 525. The van der Waals surface area contributed by atoms with Crippen LogP contribution in [-0.2, 0) is 10.8 Å². The third-order valence-corrected chi connectivity index (χ3v) is 6.35. The Balaban J connectivity index is 2.18. The average molecular weight is 354 g/mol. The summed E-state index contributed by atoms with van der Waals surface area (Å²) in [6, 6.07) is 10.0. The second-order valence-electron chi connectivity index (χ2n) is 5.50. The molecule has 20 heavy (non-hydrogen) atoms. The van der Waals surface area contributed by atoms with Crippen molar-refractivity contribution in [1.82, 2.24) is 0 Å². The smallest absolute Gasteiger partial charge is 0.0668 e. The van der Waals surface area contributed by atoms with Gasteiger partial charge in [0, 0.05) is 9.37 Å². The molecule has 1 aliphatic rings. The monoisotopic (exact) mass is 353 g/mol. The van der Waals surface area contributed by atoms with Crippen molar-refractivity contribution in [2.75, 3.05) is 0 Å². The van der Waals surface area contributed by atoms with Gasteiger partial charge in [-0.25, -0.2) is 0 Å². The molecule has 4 atom stereocenters. The molecule has 1 aromatic rings. The number of nitrogens with zero attached hydrogens (tertiary/aromatic N) is 1. The first kappa shape index (κ1) is 15.7. The normalized spacial score (nSPS) is 27.8. The third-order valence-electron chi connectivity index (χ3n) is 4.07. The molecular formula is C16H20BrNOS. The largest absolute Gasteiger partial charge is 0.254 e. The summed E-state index contributed by atoms with van der Waals surface area (Å²) >= 11 is 3.42. The number of benzene rings is 1. The van der Waals surface area contributed by atoms with Gasteiger partial charge in [0.2, 0.25) is 0 Å². The Labute approximate surface area is 132 Å². The van der Waals surface area contributed by atoms with Crippen molar-refractivity contribution >= 4 is 26.7 Å². The summed E-state index contributed by atoms with van der Waals surface area (Å²) in [7, 11) is -1.09. The lowest BCUT2D eigenvalue weighted by atomic mass is 9.80. The van der Waals surface area contributed by atoms with Crippen LogP contribution in [0.4, 0.5) is 0 Å². The van der Waals surface area contributed by atoms with Crippen LogP contribution in [0.3, 0.4) is 0 Å². The van der Waals surface area contributed by atoms with Gasteiger partial charge in [-0.3, -0.25) is 4.21 Å². The fourth-order valence-corrected chi connectivity index (χ4v) is 5.33. The van der Waals surface area contributed by atoms with Crippen LogP contribution in [0.2, 0.25) is 0 Å². The van der Waals surface area contributed by atoms with Crippen LogP contribution in [0, 0.1) is 23.2 Å². The van der Waals surface area contributed by atoms with Crippen molar-refractivity contribution in [3.8, 4) is 6.07 Å². The quantitative estimate of drug-likeness (QED) is 0.789. The summed E-state index contributed by atoms with van der Waals surface area (Å²) in [5, 5.41) is 9.32. The van der Waals surface area contributed by atoms with E-state index in [0.29, 0.717) is 5.92 Å². The highest BCUT2D eigenvalue weighted by Gasteiger charge is 2.34. The predicted octanol–water partition coefficient (Wildman–Crippen LogP) is 4.67. The number of hydrogen-bond donors (Lipinski definition) is 0. The van der Waals surface area contributed by atoms with Crippen molar-refractivity contribution in [1.29, 1.82) is 5.26 Å². The highest BCUT2D eigenvalue weighted by molar-refractivity contribution is 9.10. The van der Waals surface area contributed by atoms with Gasteiger partial charge < -0.3 is 0 Å². The van der Waals surface area contributed by atoms with E-state index in [1.807, 2.05) is 24.3 Å². The van der Waals surface area contributed by atoms with Gasteiger partial charge >= 0.3 is 0 Å². The van der Waals surface area contributed by atoms with Crippen LogP contribution in [0.15, 0.2) is 33.6 Å². The molecule has 0 saturated heterocycles. The molecule has 0 spiro atoms. The molecule has 108 valence electrons. The fourth-order valence-electron chi connectivity index (χ4n) is 3.03. The van der Waals surface area contributed by atoms with Crippen molar-refractivity contribution in [2.45, 2.75) is 49.2 Å². The Hall–Kier alpha value is -0.660. The summed E-state index contributed by atoms with van der Waals surface area (Å²) in [4.78, 5) is 0.835. The average Bonchev–Trinajstić information content (AvgIpc) is 2.47. The van der Waals surface area contributed by atoms with Crippen LogP contribution >= 0.6 is 15.9 Å². The molecule has 1 aromatic carbocycles. The molecule has 0 bridgehead atoms. The third kappa shape index (κ3) is 3.71. The summed E-state index contributed by atoms with van der Waals surface area (Å²) in [6.07, 6.45) is 5.28. The molecule has 1 fully saturated rings. The van der Waals surface area contributed by atoms with E-state index >= 15 is 0 Å². The molecule has 0 N–H and O–H groups in total. The molecule has 2 nitrogen and oxygen atoms in total. The topological polar surface area (TPSA) is 40.9 Å². The molecule has 0 radical (unpaired) electrons. The minimum Gasteiger partial charge on any atom is -0.254 e. The van der Waals surface area contributed by atoms with E-state index in [2.05, 4.69) is 28.9 Å². The van der Waals surface area contributed by atoms with E-state index in [1.165, 1.54) is 6.42 Å². The number of hydrogen-bond acceptors (Lipinski definition) is 2. The summed E-state index contributed by atoms with van der Waals surface area (Å²) in [6.45, 7) is 2.19.